The van der Waals surface area contributed by atoms with E-state index in [9.17, 15) is 4.79 Å². The second kappa shape index (κ2) is 3.31. The van der Waals surface area contributed by atoms with Gasteiger partial charge < -0.3 is 10.7 Å². The van der Waals surface area contributed by atoms with E-state index < -0.39 is 0 Å². The maximum atomic E-state index is 11.1. The van der Waals surface area contributed by atoms with Crippen LogP contribution < -0.4 is 11.3 Å². The molecule has 0 saturated heterocycles. The Balaban J connectivity index is 0.000000845. The van der Waals surface area contributed by atoms with Crippen molar-refractivity contribution in [3.8, 4) is 0 Å². The largest absolute Gasteiger partial charge is 0.394 e. The van der Waals surface area contributed by atoms with Gasteiger partial charge in [-0.15, -0.1) is 0 Å². The van der Waals surface area contributed by atoms with Crippen molar-refractivity contribution in [3.63, 3.8) is 0 Å². The van der Waals surface area contributed by atoms with E-state index in [0.29, 0.717) is 0 Å². The molecule has 0 aliphatic heterocycles. The van der Waals surface area contributed by atoms with Crippen LogP contribution in [0.25, 0.3) is 10.9 Å². The summed E-state index contributed by atoms with van der Waals surface area (Å²) in [5.41, 5.74) is 6.29. The van der Waals surface area contributed by atoms with E-state index in [2.05, 4.69) is 4.98 Å². The second-order valence-electron chi connectivity index (χ2n) is 2.64. The zero-order chi connectivity index (χ0) is 8.55. The molecule has 3 nitrogen and oxygen atoms in total. The molecule has 0 aliphatic rings. The SMILES string of the molecule is C.Nc1cc2ccccc2[nH]c1=O. The van der Waals surface area contributed by atoms with Gasteiger partial charge in [-0.3, -0.25) is 4.79 Å². The third-order valence-electron chi connectivity index (χ3n) is 1.78. The summed E-state index contributed by atoms with van der Waals surface area (Å²) in [7, 11) is 0. The highest BCUT2D eigenvalue weighted by Gasteiger charge is 1.96. The maximum absolute atomic E-state index is 11.1. The van der Waals surface area contributed by atoms with Gasteiger partial charge >= 0.3 is 0 Å². The first kappa shape index (κ1) is 9.32. The number of hydrogen-bond donors (Lipinski definition) is 2. The normalized spacial score (nSPS) is 9.54. The van der Waals surface area contributed by atoms with Crippen LogP contribution in [0.5, 0.6) is 0 Å². The Morgan fingerprint density at radius 2 is 1.92 bits per heavy atom. The minimum absolute atomic E-state index is 0. The molecule has 0 bridgehead atoms. The van der Waals surface area contributed by atoms with Gasteiger partial charge in [0.25, 0.3) is 5.56 Å². The molecule has 1 aromatic heterocycles. The number of fused-ring (bicyclic) bond motifs is 1. The predicted molar refractivity (Wildman–Crippen MR) is 55.7 cm³/mol. The molecule has 3 heteroatoms. The smallest absolute Gasteiger partial charge is 0.271 e. The lowest BCUT2D eigenvalue weighted by Gasteiger charge is -1.97. The number of aromatic nitrogens is 1. The molecule has 13 heavy (non-hydrogen) atoms. The van der Waals surface area contributed by atoms with Crippen LogP contribution in [0.2, 0.25) is 0 Å². The van der Waals surface area contributed by atoms with Crippen LogP contribution >= 0.6 is 0 Å². The van der Waals surface area contributed by atoms with Crippen molar-refractivity contribution in [1.82, 2.24) is 4.98 Å². The first-order valence-corrected chi connectivity index (χ1v) is 3.65. The highest BCUT2D eigenvalue weighted by atomic mass is 16.1. The second-order valence-corrected chi connectivity index (χ2v) is 2.64. The van der Waals surface area contributed by atoms with Crippen LogP contribution in [0.15, 0.2) is 35.1 Å². The summed E-state index contributed by atoms with van der Waals surface area (Å²) in [5, 5.41) is 0.953. The Kier molecular flexibility index (Phi) is 2.37. The molecule has 0 amide bonds. The van der Waals surface area contributed by atoms with E-state index in [1.807, 2.05) is 24.3 Å². The number of rotatable bonds is 0. The van der Waals surface area contributed by atoms with Gasteiger partial charge in [-0.05, 0) is 12.1 Å². The fourth-order valence-electron chi connectivity index (χ4n) is 1.16. The van der Waals surface area contributed by atoms with E-state index in [1.54, 1.807) is 6.07 Å². The standard InChI is InChI=1S/C9H8N2O.CH4/c10-7-5-6-3-1-2-4-8(6)11-9(7)12;/h1-5H,10H2,(H,11,12);1H4. The van der Waals surface area contributed by atoms with Crippen molar-refractivity contribution in [2.24, 2.45) is 0 Å². The van der Waals surface area contributed by atoms with Crippen molar-refractivity contribution in [1.29, 1.82) is 0 Å². The molecule has 0 unspecified atom stereocenters. The van der Waals surface area contributed by atoms with Crippen LogP contribution in [0.4, 0.5) is 5.69 Å². The fraction of sp³-hybridized carbons (Fsp3) is 0.100. The average molecular weight is 176 g/mol. The Morgan fingerprint density at radius 3 is 2.69 bits per heavy atom. The van der Waals surface area contributed by atoms with Gasteiger partial charge in [0, 0.05) is 10.9 Å². The van der Waals surface area contributed by atoms with Crippen molar-refractivity contribution in [2.75, 3.05) is 5.73 Å². The van der Waals surface area contributed by atoms with E-state index in [4.69, 9.17) is 5.73 Å². The van der Waals surface area contributed by atoms with E-state index in [0.717, 1.165) is 10.9 Å². The summed E-state index contributed by atoms with van der Waals surface area (Å²) in [6, 6.07) is 9.19. The fourth-order valence-corrected chi connectivity index (χ4v) is 1.16. The van der Waals surface area contributed by atoms with E-state index in [1.165, 1.54) is 0 Å². The monoisotopic (exact) mass is 176 g/mol. The number of pyridine rings is 1. The maximum Gasteiger partial charge on any atom is 0.271 e. The number of hydrogen-bond acceptors (Lipinski definition) is 2. The lowest BCUT2D eigenvalue weighted by atomic mass is 10.2. The minimum atomic E-state index is -0.228. The zero-order valence-corrected chi connectivity index (χ0v) is 6.37. The third-order valence-corrected chi connectivity index (χ3v) is 1.78. The molecule has 1 aromatic carbocycles. The quantitative estimate of drug-likeness (QED) is 0.642. The molecular weight excluding hydrogens is 164 g/mol. The van der Waals surface area contributed by atoms with Gasteiger partial charge in [-0.2, -0.15) is 0 Å². The molecule has 0 radical (unpaired) electrons. The number of nitrogens with two attached hydrogens (primary N) is 1. The summed E-state index contributed by atoms with van der Waals surface area (Å²) >= 11 is 0. The van der Waals surface area contributed by atoms with Crippen LogP contribution in [0.1, 0.15) is 7.43 Å². The lowest BCUT2D eigenvalue weighted by molar-refractivity contribution is 1.31. The third kappa shape index (κ3) is 1.54. The average Bonchev–Trinajstić information content (AvgIpc) is 2.07. The number of nitrogen functional groups attached to an aromatic ring is 1. The molecule has 0 fully saturated rings. The number of nitrogens with one attached hydrogen (secondary N) is 1. The molecule has 0 aliphatic carbocycles. The van der Waals surface area contributed by atoms with Crippen molar-refractivity contribution < 1.29 is 0 Å². The van der Waals surface area contributed by atoms with Crippen LogP contribution in [0.3, 0.4) is 0 Å². The molecule has 0 spiro atoms. The highest BCUT2D eigenvalue weighted by Crippen LogP contribution is 2.09. The van der Waals surface area contributed by atoms with Gasteiger partial charge in [0.2, 0.25) is 0 Å². The Bertz CT molecular complexity index is 474. The van der Waals surface area contributed by atoms with E-state index in [-0.39, 0.29) is 18.7 Å². The number of para-hydroxylation sites is 1. The van der Waals surface area contributed by atoms with Crippen molar-refractivity contribution in [3.05, 3.63) is 40.7 Å². The number of aromatic amines is 1. The van der Waals surface area contributed by atoms with Gasteiger partial charge in [0.1, 0.15) is 0 Å². The zero-order valence-electron chi connectivity index (χ0n) is 6.37. The number of H-pyrrole nitrogens is 1. The first-order valence-electron chi connectivity index (χ1n) is 3.65. The minimum Gasteiger partial charge on any atom is -0.394 e. The first-order chi connectivity index (χ1) is 5.77. The summed E-state index contributed by atoms with van der Waals surface area (Å²) in [6.45, 7) is 0. The Morgan fingerprint density at radius 1 is 1.23 bits per heavy atom. The van der Waals surface area contributed by atoms with Crippen LogP contribution in [-0.4, -0.2) is 4.98 Å². The van der Waals surface area contributed by atoms with Crippen LogP contribution in [0, 0.1) is 0 Å². The van der Waals surface area contributed by atoms with E-state index >= 15 is 0 Å². The van der Waals surface area contributed by atoms with Crippen molar-refractivity contribution in [2.45, 2.75) is 7.43 Å². The molecule has 68 valence electrons. The topological polar surface area (TPSA) is 58.9 Å². The van der Waals surface area contributed by atoms with Crippen LogP contribution in [-0.2, 0) is 0 Å². The Labute approximate surface area is 76.2 Å². The highest BCUT2D eigenvalue weighted by molar-refractivity contribution is 5.80. The van der Waals surface area contributed by atoms with Gasteiger partial charge in [-0.1, -0.05) is 25.6 Å². The molecule has 2 rings (SSSR count). The van der Waals surface area contributed by atoms with Crippen molar-refractivity contribution >= 4 is 16.6 Å². The Hall–Kier alpha value is -1.77. The molecular formula is C10H12N2O. The van der Waals surface area contributed by atoms with Gasteiger partial charge in [0.05, 0.1) is 5.69 Å². The summed E-state index contributed by atoms with van der Waals surface area (Å²) < 4.78 is 0. The molecule has 2 aromatic rings. The molecule has 0 saturated carbocycles. The summed E-state index contributed by atoms with van der Waals surface area (Å²) in [5.74, 6) is 0. The molecule has 0 atom stereocenters. The van der Waals surface area contributed by atoms with Gasteiger partial charge in [0.15, 0.2) is 0 Å². The number of anilines is 1. The molecule has 1 heterocycles. The number of benzene rings is 1. The predicted octanol–water partition coefficient (Wildman–Crippen LogP) is 1.75. The molecule has 3 N–H and O–H groups in total. The van der Waals surface area contributed by atoms with Gasteiger partial charge in [-0.25, -0.2) is 0 Å². The lowest BCUT2D eigenvalue weighted by Crippen LogP contribution is -2.10. The summed E-state index contributed by atoms with van der Waals surface area (Å²) in [4.78, 5) is 13.7. The summed E-state index contributed by atoms with van der Waals surface area (Å²) in [6.07, 6.45) is 0.